The number of nitrogens with zero attached hydrogens (tertiary/aromatic N) is 1. The molecular formula is C18H33N3O2. The molecule has 1 spiro atoms. The van der Waals surface area contributed by atoms with Crippen LogP contribution in [0.5, 0.6) is 0 Å². The molecule has 132 valence electrons. The third kappa shape index (κ3) is 3.36. The summed E-state index contributed by atoms with van der Waals surface area (Å²) in [6, 6.07) is 0.504. The standard InChI is InChI=1S/C18H33N3O2/c1-4-19-16(20-11-17(3)12-22-13-17)21-14-10-15(23-5-2)18(14)8-6-7-9-18/h14-15H,4-13H2,1-3H3,(H2,19,20,21). The molecule has 1 aliphatic heterocycles. The Morgan fingerprint density at radius 1 is 1.26 bits per heavy atom. The maximum atomic E-state index is 6.01. The fourth-order valence-electron chi connectivity index (χ4n) is 4.39. The lowest BCUT2D eigenvalue weighted by atomic mass is 9.60. The van der Waals surface area contributed by atoms with Gasteiger partial charge in [0.2, 0.25) is 0 Å². The predicted octanol–water partition coefficient (Wildman–Crippen LogP) is 2.32. The molecule has 2 N–H and O–H groups in total. The van der Waals surface area contributed by atoms with Gasteiger partial charge < -0.3 is 20.1 Å². The minimum absolute atomic E-state index is 0.223. The molecule has 0 radical (unpaired) electrons. The van der Waals surface area contributed by atoms with Gasteiger partial charge in [0, 0.05) is 30.0 Å². The van der Waals surface area contributed by atoms with E-state index in [0.717, 1.165) is 45.3 Å². The van der Waals surface area contributed by atoms with Crippen molar-refractivity contribution in [3.63, 3.8) is 0 Å². The molecule has 0 aromatic carbocycles. The molecule has 23 heavy (non-hydrogen) atoms. The van der Waals surface area contributed by atoms with Crippen LogP contribution in [-0.2, 0) is 9.47 Å². The molecule has 5 nitrogen and oxygen atoms in total. The molecule has 3 fully saturated rings. The molecule has 2 unspecified atom stereocenters. The third-order valence-electron chi connectivity index (χ3n) is 5.86. The van der Waals surface area contributed by atoms with Gasteiger partial charge in [-0.15, -0.1) is 0 Å². The van der Waals surface area contributed by atoms with Crippen molar-refractivity contribution < 1.29 is 9.47 Å². The molecule has 5 heteroatoms. The molecule has 1 heterocycles. The Bertz CT molecular complexity index is 428. The second-order valence-corrected chi connectivity index (χ2v) is 7.82. The van der Waals surface area contributed by atoms with Crippen molar-refractivity contribution in [1.29, 1.82) is 0 Å². The van der Waals surface area contributed by atoms with E-state index in [0.29, 0.717) is 17.6 Å². The highest BCUT2D eigenvalue weighted by molar-refractivity contribution is 5.80. The Kier molecular flexibility index (Phi) is 5.16. The van der Waals surface area contributed by atoms with Gasteiger partial charge in [0.25, 0.3) is 0 Å². The van der Waals surface area contributed by atoms with Crippen LogP contribution in [0.4, 0.5) is 0 Å². The first-order chi connectivity index (χ1) is 11.1. The highest BCUT2D eigenvalue weighted by Crippen LogP contribution is 2.54. The lowest BCUT2D eigenvalue weighted by molar-refractivity contribution is -0.125. The average Bonchev–Trinajstić information content (AvgIpc) is 3.02. The van der Waals surface area contributed by atoms with Crippen molar-refractivity contribution in [2.45, 2.75) is 65.0 Å². The van der Waals surface area contributed by atoms with Crippen molar-refractivity contribution in [3.05, 3.63) is 0 Å². The molecule has 0 aromatic heterocycles. The second kappa shape index (κ2) is 6.98. The average molecular weight is 323 g/mol. The van der Waals surface area contributed by atoms with Crippen LogP contribution in [0.25, 0.3) is 0 Å². The van der Waals surface area contributed by atoms with E-state index >= 15 is 0 Å². The van der Waals surface area contributed by atoms with Crippen LogP contribution in [0.3, 0.4) is 0 Å². The molecule has 2 atom stereocenters. The summed E-state index contributed by atoms with van der Waals surface area (Å²) in [4.78, 5) is 4.83. The summed E-state index contributed by atoms with van der Waals surface area (Å²) >= 11 is 0. The summed E-state index contributed by atoms with van der Waals surface area (Å²) in [6.07, 6.45) is 6.81. The first kappa shape index (κ1) is 17.0. The van der Waals surface area contributed by atoms with Gasteiger partial charge in [-0.05, 0) is 33.1 Å². The van der Waals surface area contributed by atoms with Gasteiger partial charge in [-0.3, -0.25) is 4.99 Å². The van der Waals surface area contributed by atoms with Crippen LogP contribution in [0.15, 0.2) is 4.99 Å². The first-order valence-electron chi connectivity index (χ1n) is 9.36. The van der Waals surface area contributed by atoms with Crippen molar-refractivity contribution in [1.82, 2.24) is 10.6 Å². The minimum atomic E-state index is 0.223. The Morgan fingerprint density at radius 2 is 2.00 bits per heavy atom. The van der Waals surface area contributed by atoms with E-state index in [-0.39, 0.29) is 5.41 Å². The molecule has 2 aliphatic carbocycles. The normalized spacial score (nSPS) is 31.5. The molecule has 2 saturated carbocycles. The van der Waals surface area contributed by atoms with E-state index in [1.54, 1.807) is 0 Å². The molecule has 0 amide bonds. The molecule has 0 bridgehead atoms. The van der Waals surface area contributed by atoms with E-state index in [1.165, 1.54) is 25.7 Å². The zero-order chi connectivity index (χ0) is 16.3. The van der Waals surface area contributed by atoms with Gasteiger partial charge >= 0.3 is 0 Å². The molecule has 3 aliphatic rings. The number of rotatable bonds is 6. The van der Waals surface area contributed by atoms with Gasteiger partial charge in [0.05, 0.1) is 25.9 Å². The summed E-state index contributed by atoms with van der Waals surface area (Å²) in [7, 11) is 0. The van der Waals surface area contributed by atoms with Gasteiger partial charge in [-0.25, -0.2) is 0 Å². The fraction of sp³-hybridized carbons (Fsp3) is 0.944. The van der Waals surface area contributed by atoms with Crippen LogP contribution in [0.1, 0.15) is 52.9 Å². The second-order valence-electron chi connectivity index (χ2n) is 7.82. The van der Waals surface area contributed by atoms with Gasteiger partial charge in [-0.2, -0.15) is 0 Å². The summed E-state index contributed by atoms with van der Waals surface area (Å²) in [6.45, 7) is 10.7. The summed E-state index contributed by atoms with van der Waals surface area (Å²) in [5.74, 6) is 0.965. The SMILES string of the molecule is CCNC(=NCC1(C)COC1)NC1CC(OCC)C12CCCC2. The molecule has 1 saturated heterocycles. The maximum Gasteiger partial charge on any atom is 0.191 e. The third-order valence-corrected chi connectivity index (χ3v) is 5.86. The van der Waals surface area contributed by atoms with E-state index in [9.17, 15) is 0 Å². The maximum absolute atomic E-state index is 6.01. The molecular weight excluding hydrogens is 290 g/mol. The smallest absolute Gasteiger partial charge is 0.191 e. The topological polar surface area (TPSA) is 54.9 Å². The summed E-state index contributed by atoms with van der Waals surface area (Å²) in [5.41, 5.74) is 0.566. The highest BCUT2D eigenvalue weighted by Gasteiger charge is 2.57. The van der Waals surface area contributed by atoms with E-state index in [4.69, 9.17) is 14.5 Å². The van der Waals surface area contributed by atoms with Crippen molar-refractivity contribution in [3.8, 4) is 0 Å². The van der Waals surface area contributed by atoms with Crippen LogP contribution in [0.2, 0.25) is 0 Å². The van der Waals surface area contributed by atoms with Crippen LogP contribution < -0.4 is 10.6 Å². The number of guanidine groups is 1. The number of hydrogen-bond acceptors (Lipinski definition) is 3. The van der Waals surface area contributed by atoms with Crippen molar-refractivity contribution in [2.75, 3.05) is 32.9 Å². The number of ether oxygens (including phenoxy) is 2. The van der Waals surface area contributed by atoms with Crippen molar-refractivity contribution >= 4 is 5.96 Å². The quantitative estimate of drug-likeness (QED) is 0.582. The first-order valence-corrected chi connectivity index (χ1v) is 9.36. The number of aliphatic imine (C=N–C) groups is 1. The van der Waals surface area contributed by atoms with Gasteiger partial charge in [-0.1, -0.05) is 19.8 Å². The Hall–Kier alpha value is -0.810. The van der Waals surface area contributed by atoms with Gasteiger partial charge in [0.1, 0.15) is 0 Å². The Labute approximate surface area is 140 Å². The molecule has 0 aromatic rings. The lowest BCUT2D eigenvalue weighted by Gasteiger charge is -2.54. The highest BCUT2D eigenvalue weighted by atomic mass is 16.5. The monoisotopic (exact) mass is 323 g/mol. The summed E-state index contributed by atoms with van der Waals surface area (Å²) < 4.78 is 11.3. The van der Waals surface area contributed by atoms with Crippen LogP contribution in [-0.4, -0.2) is 51.0 Å². The largest absolute Gasteiger partial charge is 0.380 e. The molecule has 3 rings (SSSR count). The number of nitrogens with one attached hydrogen (secondary N) is 2. The minimum Gasteiger partial charge on any atom is -0.380 e. The fourth-order valence-corrected chi connectivity index (χ4v) is 4.39. The van der Waals surface area contributed by atoms with Gasteiger partial charge in [0.15, 0.2) is 5.96 Å². The Morgan fingerprint density at radius 3 is 2.57 bits per heavy atom. The van der Waals surface area contributed by atoms with E-state index < -0.39 is 0 Å². The van der Waals surface area contributed by atoms with Crippen molar-refractivity contribution in [2.24, 2.45) is 15.8 Å². The zero-order valence-electron chi connectivity index (χ0n) is 15.0. The van der Waals surface area contributed by atoms with Crippen LogP contribution in [0, 0.1) is 10.8 Å². The lowest BCUT2D eigenvalue weighted by Crippen LogP contribution is -2.65. The number of hydrogen-bond donors (Lipinski definition) is 2. The predicted molar refractivity (Wildman–Crippen MR) is 92.8 cm³/mol. The van der Waals surface area contributed by atoms with Crippen LogP contribution >= 0.6 is 0 Å². The van der Waals surface area contributed by atoms with E-state index in [2.05, 4.69) is 31.4 Å². The zero-order valence-corrected chi connectivity index (χ0v) is 15.0. The Balaban J connectivity index is 1.62. The summed E-state index contributed by atoms with van der Waals surface area (Å²) in [5, 5.41) is 7.13. The van der Waals surface area contributed by atoms with E-state index in [1.807, 2.05) is 0 Å².